The van der Waals surface area contributed by atoms with Gasteiger partial charge >= 0.3 is 0 Å². The van der Waals surface area contributed by atoms with Crippen LogP contribution in [-0.2, 0) is 4.74 Å². The monoisotopic (exact) mass is 196 g/mol. The largest absolute Gasteiger partial charge is 0.485 e. The molecule has 0 aliphatic carbocycles. The molecule has 0 radical (unpaired) electrons. The first-order valence-electron chi connectivity index (χ1n) is 4.85. The number of hydrogen-bond donors (Lipinski definition) is 0. The standard InChI is InChI=1S/C11H13FO2/c12-10-5-1-2-6-11(10)14-9-4-3-7-13-8-9/h1-2,5-6,9H,3-4,7-8H2. The van der Waals surface area contributed by atoms with Crippen molar-refractivity contribution in [2.75, 3.05) is 13.2 Å². The number of benzene rings is 1. The Morgan fingerprint density at radius 3 is 2.93 bits per heavy atom. The quantitative estimate of drug-likeness (QED) is 0.723. The molecule has 0 N–H and O–H groups in total. The molecule has 1 aliphatic heterocycles. The molecule has 1 aliphatic rings. The van der Waals surface area contributed by atoms with E-state index in [9.17, 15) is 4.39 Å². The Labute approximate surface area is 82.6 Å². The molecular formula is C11H13FO2. The van der Waals surface area contributed by atoms with Crippen LogP contribution in [0.25, 0.3) is 0 Å². The molecule has 2 nitrogen and oxygen atoms in total. The van der Waals surface area contributed by atoms with Crippen LogP contribution < -0.4 is 4.74 Å². The molecule has 1 saturated heterocycles. The normalized spacial score (nSPS) is 21.9. The smallest absolute Gasteiger partial charge is 0.165 e. The van der Waals surface area contributed by atoms with Crippen LogP contribution in [-0.4, -0.2) is 19.3 Å². The fourth-order valence-corrected chi connectivity index (χ4v) is 1.52. The summed E-state index contributed by atoms with van der Waals surface area (Å²) < 4.78 is 23.9. The second-order valence-corrected chi connectivity index (χ2v) is 3.39. The van der Waals surface area contributed by atoms with Gasteiger partial charge in [0, 0.05) is 6.61 Å². The molecule has 3 heteroatoms. The highest BCUT2D eigenvalue weighted by atomic mass is 19.1. The first kappa shape index (κ1) is 9.46. The summed E-state index contributed by atoms with van der Waals surface area (Å²) >= 11 is 0. The van der Waals surface area contributed by atoms with Crippen molar-refractivity contribution in [3.63, 3.8) is 0 Å². The molecule has 1 aromatic carbocycles. The van der Waals surface area contributed by atoms with E-state index in [1.165, 1.54) is 6.07 Å². The van der Waals surface area contributed by atoms with E-state index in [2.05, 4.69) is 0 Å². The van der Waals surface area contributed by atoms with Crippen molar-refractivity contribution < 1.29 is 13.9 Å². The molecule has 1 unspecified atom stereocenters. The second kappa shape index (κ2) is 4.42. The molecule has 14 heavy (non-hydrogen) atoms. The average molecular weight is 196 g/mol. The van der Waals surface area contributed by atoms with E-state index in [1.54, 1.807) is 18.2 Å². The molecule has 0 spiro atoms. The third-order valence-corrected chi connectivity index (χ3v) is 2.25. The van der Waals surface area contributed by atoms with Gasteiger partial charge in [-0.2, -0.15) is 0 Å². The van der Waals surface area contributed by atoms with E-state index in [0.717, 1.165) is 19.4 Å². The Morgan fingerprint density at radius 2 is 2.21 bits per heavy atom. The molecule has 0 bridgehead atoms. The summed E-state index contributed by atoms with van der Waals surface area (Å²) in [5, 5.41) is 0. The molecule has 2 rings (SSSR count). The van der Waals surface area contributed by atoms with Gasteiger partial charge in [-0.15, -0.1) is 0 Å². The lowest BCUT2D eigenvalue weighted by atomic mass is 10.2. The molecule has 76 valence electrons. The minimum Gasteiger partial charge on any atom is -0.485 e. The Hall–Kier alpha value is -1.09. The lowest BCUT2D eigenvalue weighted by Crippen LogP contribution is -2.28. The van der Waals surface area contributed by atoms with Gasteiger partial charge in [0.15, 0.2) is 11.6 Å². The number of hydrogen-bond acceptors (Lipinski definition) is 2. The van der Waals surface area contributed by atoms with Crippen molar-refractivity contribution in [3.05, 3.63) is 30.1 Å². The fourth-order valence-electron chi connectivity index (χ4n) is 1.52. The highest BCUT2D eigenvalue weighted by molar-refractivity contribution is 5.23. The molecule has 0 aromatic heterocycles. The van der Waals surface area contributed by atoms with Gasteiger partial charge in [0.1, 0.15) is 6.10 Å². The van der Waals surface area contributed by atoms with Crippen molar-refractivity contribution in [3.8, 4) is 5.75 Å². The average Bonchev–Trinajstić information content (AvgIpc) is 2.23. The van der Waals surface area contributed by atoms with Crippen LogP contribution in [0.1, 0.15) is 12.8 Å². The maximum atomic E-state index is 13.2. The van der Waals surface area contributed by atoms with E-state index in [1.807, 2.05) is 0 Å². The van der Waals surface area contributed by atoms with Gasteiger partial charge in [-0.1, -0.05) is 12.1 Å². The fraction of sp³-hybridized carbons (Fsp3) is 0.455. The molecule has 0 amide bonds. The van der Waals surface area contributed by atoms with Gasteiger partial charge in [-0.25, -0.2) is 4.39 Å². The Balaban J connectivity index is 1.99. The summed E-state index contributed by atoms with van der Waals surface area (Å²) in [6.45, 7) is 1.35. The highest BCUT2D eigenvalue weighted by Gasteiger charge is 2.16. The van der Waals surface area contributed by atoms with Crippen LogP contribution in [0, 0.1) is 5.82 Å². The molecule has 1 fully saturated rings. The lowest BCUT2D eigenvalue weighted by molar-refractivity contribution is 0.00588. The third kappa shape index (κ3) is 2.23. The number of para-hydroxylation sites is 1. The van der Waals surface area contributed by atoms with E-state index in [4.69, 9.17) is 9.47 Å². The van der Waals surface area contributed by atoms with E-state index < -0.39 is 0 Å². The minimum absolute atomic E-state index is 0.000602. The van der Waals surface area contributed by atoms with Crippen LogP contribution in [0.3, 0.4) is 0 Å². The third-order valence-electron chi connectivity index (χ3n) is 2.25. The van der Waals surface area contributed by atoms with E-state index in [-0.39, 0.29) is 11.9 Å². The number of rotatable bonds is 2. The Bertz CT molecular complexity index is 295. The van der Waals surface area contributed by atoms with Crippen molar-refractivity contribution in [2.45, 2.75) is 18.9 Å². The van der Waals surface area contributed by atoms with Gasteiger partial charge < -0.3 is 9.47 Å². The predicted octanol–water partition coefficient (Wildman–Crippen LogP) is 2.38. The first-order chi connectivity index (χ1) is 6.86. The molecule has 0 saturated carbocycles. The summed E-state index contributed by atoms with van der Waals surface area (Å²) in [6.07, 6.45) is 1.92. The minimum atomic E-state index is -0.307. The lowest BCUT2D eigenvalue weighted by Gasteiger charge is -2.23. The molecule has 1 aromatic rings. The van der Waals surface area contributed by atoms with Gasteiger partial charge in [0.05, 0.1) is 6.61 Å². The van der Waals surface area contributed by atoms with Gasteiger partial charge in [-0.05, 0) is 25.0 Å². The highest BCUT2D eigenvalue weighted by Crippen LogP contribution is 2.20. The number of halogens is 1. The SMILES string of the molecule is Fc1ccccc1OC1CCCOC1. The second-order valence-electron chi connectivity index (χ2n) is 3.39. The van der Waals surface area contributed by atoms with Gasteiger partial charge in [-0.3, -0.25) is 0 Å². The zero-order chi connectivity index (χ0) is 9.80. The van der Waals surface area contributed by atoms with Gasteiger partial charge in [0.2, 0.25) is 0 Å². The molecule has 1 heterocycles. The maximum Gasteiger partial charge on any atom is 0.165 e. The summed E-state index contributed by atoms with van der Waals surface area (Å²) in [4.78, 5) is 0. The van der Waals surface area contributed by atoms with Crippen molar-refractivity contribution in [2.24, 2.45) is 0 Å². The number of ether oxygens (including phenoxy) is 2. The van der Waals surface area contributed by atoms with Crippen LogP contribution in [0.15, 0.2) is 24.3 Å². The van der Waals surface area contributed by atoms with E-state index >= 15 is 0 Å². The summed E-state index contributed by atoms with van der Waals surface area (Å²) in [7, 11) is 0. The van der Waals surface area contributed by atoms with Crippen LogP contribution >= 0.6 is 0 Å². The van der Waals surface area contributed by atoms with Crippen LogP contribution in [0.5, 0.6) is 5.75 Å². The maximum absolute atomic E-state index is 13.2. The summed E-state index contributed by atoms with van der Waals surface area (Å²) in [5.41, 5.74) is 0. The van der Waals surface area contributed by atoms with Crippen LogP contribution in [0.2, 0.25) is 0 Å². The Kier molecular flexibility index (Phi) is 2.99. The molecular weight excluding hydrogens is 183 g/mol. The Morgan fingerprint density at radius 1 is 1.36 bits per heavy atom. The predicted molar refractivity (Wildman–Crippen MR) is 50.9 cm³/mol. The molecule has 1 atom stereocenters. The zero-order valence-corrected chi connectivity index (χ0v) is 7.91. The van der Waals surface area contributed by atoms with Gasteiger partial charge in [0.25, 0.3) is 0 Å². The summed E-state index contributed by atoms with van der Waals surface area (Å²) in [5.74, 6) is 0.0149. The first-order valence-corrected chi connectivity index (χ1v) is 4.85. The zero-order valence-electron chi connectivity index (χ0n) is 7.91. The summed E-state index contributed by atoms with van der Waals surface area (Å²) in [6, 6.07) is 6.46. The van der Waals surface area contributed by atoms with Crippen molar-refractivity contribution in [1.29, 1.82) is 0 Å². The van der Waals surface area contributed by atoms with Crippen molar-refractivity contribution in [1.82, 2.24) is 0 Å². The van der Waals surface area contributed by atoms with E-state index in [0.29, 0.717) is 12.4 Å². The van der Waals surface area contributed by atoms with Crippen LogP contribution in [0.4, 0.5) is 4.39 Å². The van der Waals surface area contributed by atoms with Crippen molar-refractivity contribution >= 4 is 0 Å². The topological polar surface area (TPSA) is 18.5 Å².